The van der Waals surface area contributed by atoms with E-state index in [2.05, 4.69) is 21.4 Å². The average molecular weight is 361 g/mol. The molecule has 3 aromatic rings. The van der Waals surface area contributed by atoms with E-state index in [1.807, 2.05) is 36.0 Å². The summed E-state index contributed by atoms with van der Waals surface area (Å²) in [7, 11) is 0. The lowest BCUT2D eigenvalue weighted by molar-refractivity contribution is 0.477. The van der Waals surface area contributed by atoms with Crippen molar-refractivity contribution in [3.63, 3.8) is 0 Å². The summed E-state index contributed by atoms with van der Waals surface area (Å²) in [5.74, 6) is 5.77. The largest absolute Gasteiger partial charge is 0.507 e. The van der Waals surface area contributed by atoms with Crippen molar-refractivity contribution in [3.05, 3.63) is 48.0 Å². The molecule has 0 unspecified atom stereocenters. The van der Waals surface area contributed by atoms with E-state index in [1.165, 1.54) is 12.2 Å². The van der Waals surface area contributed by atoms with Gasteiger partial charge in [0.15, 0.2) is 5.82 Å². The Kier molecular flexibility index (Phi) is 4.68. The summed E-state index contributed by atoms with van der Waals surface area (Å²) in [5, 5.41) is 24.8. The van der Waals surface area contributed by atoms with Gasteiger partial charge in [0.2, 0.25) is 0 Å². The fourth-order valence-electron chi connectivity index (χ4n) is 3.28. The van der Waals surface area contributed by atoms with Crippen molar-refractivity contribution in [1.82, 2.24) is 10.2 Å². The number of aromatic hydroxyl groups is 1. The van der Waals surface area contributed by atoms with E-state index >= 15 is 0 Å². The normalized spacial score (nSPS) is 17.0. The van der Waals surface area contributed by atoms with E-state index in [9.17, 15) is 5.11 Å². The molecule has 0 aliphatic carbocycles. The molecule has 5 heteroatoms. The zero-order chi connectivity index (χ0) is 17.9. The number of hydrogen-bond donors (Lipinski definition) is 2. The first-order valence-corrected chi connectivity index (χ1v) is 9.81. The van der Waals surface area contributed by atoms with Crippen molar-refractivity contribution in [2.45, 2.75) is 18.9 Å². The third-order valence-corrected chi connectivity index (χ3v) is 5.82. The van der Waals surface area contributed by atoms with Crippen molar-refractivity contribution >= 4 is 28.4 Å². The molecule has 1 fully saturated rings. The maximum absolute atomic E-state index is 10.4. The van der Waals surface area contributed by atoms with Crippen LogP contribution in [0.2, 0.25) is 0 Å². The molecular weight excluding hydrogens is 342 g/mol. The van der Waals surface area contributed by atoms with Gasteiger partial charge in [-0.1, -0.05) is 30.2 Å². The Morgan fingerprint density at radius 2 is 2.00 bits per heavy atom. The molecule has 2 aromatic carbocycles. The lowest BCUT2D eigenvalue weighted by Gasteiger charge is -2.23. The number of benzene rings is 2. The van der Waals surface area contributed by atoms with Gasteiger partial charge < -0.3 is 10.4 Å². The van der Waals surface area contributed by atoms with Gasteiger partial charge in [-0.3, -0.25) is 0 Å². The van der Waals surface area contributed by atoms with E-state index in [0.29, 0.717) is 22.9 Å². The molecule has 2 N–H and O–H groups in total. The monoisotopic (exact) mass is 361 g/mol. The summed E-state index contributed by atoms with van der Waals surface area (Å²) >= 11 is 1.97. The molecule has 26 heavy (non-hydrogen) atoms. The molecule has 1 aliphatic rings. The summed E-state index contributed by atoms with van der Waals surface area (Å²) in [6.07, 6.45) is 7.78. The maximum Gasteiger partial charge on any atom is 0.156 e. The number of thioether (sulfide) groups is 1. The summed E-state index contributed by atoms with van der Waals surface area (Å²) in [6, 6.07) is 13.6. The third kappa shape index (κ3) is 3.21. The van der Waals surface area contributed by atoms with Crippen LogP contribution in [0, 0.1) is 12.3 Å². The Bertz CT molecular complexity index is 990. The van der Waals surface area contributed by atoms with Gasteiger partial charge in [0.1, 0.15) is 11.4 Å². The SMILES string of the molecule is C#Cc1ccc(-c2nnc(N[C@@H]3CCCSC3)c3ccccc23)c(O)c1. The Balaban J connectivity index is 1.78. The molecule has 1 aliphatic heterocycles. The van der Waals surface area contributed by atoms with Crippen LogP contribution in [-0.4, -0.2) is 32.9 Å². The zero-order valence-electron chi connectivity index (χ0n) is 14.3. The molecule has 1 saturated heterocycles. The van der Waals surface area contributed by atoms with Gasteiger partial charge >= 0.3 is 0 Å². The molecule has 2 heterocycles. The number of nitrogens with zero attached hydrogens (tertiary/aromatic N) is 2. The third-order valence-electron chi connectivity index (χ3n) is 4.61. The minimum atomic E-state index is 0.115. The van der Waals surface area contributed by atoms with Crippen molar-refractivity contribution < 1.29 is 5.11 Å². The number of terminal acetylenes is 1. The van der Waals surface area contributed by atoms with Crippen molar-refractivity contribution in [3.8, 4) is 29.4 Å². The van der Waals surface area contributed by atoms with E-state index < -0.39 is 0 Å². The van der Waals surface area contributed by atoms with Gasteiger partial charge in [-0.2, -0.15) is 11.8 Å². The standard InChI is InChI=1S/C21H19N3OS/c1-2-14-9-10-18(19(25)12-14)20-16-7-3-4-8-17(16)21(24-23-20)22-15-6-5-11-26-13-15/h1,3-4,7-10,12,15,25H,5-6,11,13H2,(H,22,24)/t15-/m1/s1. The van der Waals surface area contributed by atoms with Crippen LogP contribution in [0.15, 0.2) is 42.5 Å². The molecule has 1 atom stereocenters. The molecule has 0 radical (unpaired) electrons. The van der Waals surface area contributed by atoms with E-state index in [0.717, 1.165) is 28.8 Å². The first-order chi connectivity index (χ1) is 12.8. The predicted molar refractivity (Wildman–Crippen MR) is 109 cm³/mol. The smallest absolute Gasteiger partial charge is 0.156 e. The Labute approximate surface area is 157 Å². The molecule has 130 valence electrons. The lowest BCUT2D eigenvalue weighted by atomic mass is 10.0. The molecule has 4 nitrogen and oxygen atoms in total. The van der Waals surface area contributed by atoms with Crippen LogP contribution in [-0.2, 0) is 0 Å². The second-order valence-corrected chi connectivity index (χ2v) is 7.53. The minimum absolute atomic E-state index is 0.115. The summed E-state index contributed by atoms with van der Waals surface area (Å²) in [6.45, 7) is 0. The zero-order valence-corrected chi connectivity index (χ0v) is 15.1. The molecule has 0 spiro atoms. The van der Waals surface area contributed by atoms with Crippen LogP contribution in [0.1, 0.15) is 18.4 Å². The summed E-state index contributed by atoms with van der Waals surface area (Å²) < 4.78 is 0. The highest BCUT2D eigenvalue weighted by atomic mass is 32.2. The summed E-state index contributed by atoms with van der Waals surface area (Å²) in [5.41, 5.74) is 1.93. The van der Waals surface area contributed by atoms with Gasteiger partial charge in [-0.25, -0.2) is 0 Å². The number of hydrogen-bond acceptors (Lipinski definition) is 5. The van der Waals surface area contributed by atoms with Crippen molar-refractivity contribution in [1.29, 1.82) is 0 Å². The molecule has 0 bridgehead atoms. The number of fused-ring (bicyclic) bond motifs is 1. The van der Waals surface area contributed by atoms with E-state index in [1.54, 1.807) is 18.2 Å². The van der Waals surface area contributed by atoms with E-state index in [-0.39, 0.29) is 5.75 Å². The number of rotatable bonds is 3. The molecule has 1 aromatic heterocycles. The van der Waals surface area contributed by atoms with Gasteiger partial charge in [-0.15, -0.1) is 16.6 Å². The molecule has 0 saturated carbocycles. The topological polar surface area (TPSA) is 58.0 Å². The Morgan fingerprint density at radius 1 is 1.15 bits per heavy atom. The van der Waals surface area contributed by atoms with Crippen LogP contribution in [0.5, 0.6) is 5.75 Å². The lowest BCUT2D eigenvalue weighted by Crippen LogP contribution is -2.26. The highest BCUT2D eigenvalue weighted by Crippen LogP contribution is 2.35. The van der Waals surface area contributed by atoms with Crippen LogP contribution in [0.25, 0.3) is 22.0 Å². The molecular formula is C21H19N3OS. The number of nitrogens with one attached hydrogen (secondary N) is 1. The van der Waals surface area contributed by atoms with Gasteiger partial charge in [0.05, 0.1) is 0 Å². The number of aromatic nitrogens is 2. The second-order valence-electron chi connectivity index (χ2n) is 6.38. The van der Waals surface area contributed by atoms with Crippen LogP contribution in [0.4, 0.5) is 5.82 Å². The number of phenols is 1. The van der Waals surface area contributed by atoms with E-state index in [4.69, 9.17) is 6.42 Å². The maximum atomic E-state index is 10.4. The minimum Gasteiger partial charge on any atom is -0.507 e. The Hall–Kier alpha value is -2.71. The summed E-state index contributed by atoms with van der Waals surface area (Å²) in [4.78, 5) is 0. The fraction of sp³-hybridized carbons (Fsp3) is 0.238. The quantitative estimate of drug-likeness (QED) is 0.682. The predicted octanol–water partition coefficient (Wildman–Crippen LogP) is 4.29. The second kappa shape index (κ2) is 7.27. The first-order valence-electron chi connectivity index (χ1n) is 8.66. The fourth-order valence-corrected chi connectivity index (χ4v) is 4.35. The van der Waals surface area contributed by atoms with Crippen molar-refractivity contribution in [2.75, 3.05) is 16.8 Å². The van der Waals surface area contributed by atoms with Gasteiger partial charge in [0.25, 0.3) is 0 Å². The highest BCUT2D eigenvalue weighted by Gasteiger charge is 2.18. The van der Waals surface area contributed by atoms with Crippen LogP contribution >= 0.6 is 11.8 Å². The Morgan fingerprint density at radius 3 is 2.73 bits per heavy atom. The number of anilines is 1. The molecule has 4 rings (SSSR count). The first kappa shape index (κ1) is 16.7. The van der Waals surface area contributed by atoms with Crippen LogP contribution in [0.3, 0.4) is 0 Å². The highest BCUT2D eigenvalue weighted by molar-refractivity contribution is 7.99. The average Bonchev–Trinajstić information content (AvgIpc) is 2.69. The molecule has 0 amide bonds. The number of phenolic OH excluding ortho intramolecular Hbond substituents is 1. The van der Waals surface area contributed by atoms with Gasteiger partial charge in [-0.05, 0) is 36.8 Å². The van der Waals surface area contributed by atoms with Crippen LogP contribution < -0.4 is 5.32 Å². The van der Waals surface area contributed by atoms with Crippen molar-refractivity contribution in [2.24, 2.45) is 0 Å². The van der Waals surface area contributed by atoms with Gasteiger partial charge in [0, 0.05) is 33.7 Å².